The monoisotopic (exact) mass is 345 g/mol. The first-order valence-corrected chi connectivity index (χ1v) is 8.32. The fourth-order valence-electron chi connectivity index (χ4n) is 2.70. The summed E-state index contributed by atoms with van der Waals surface area (Å²) in [6.07, 6.45) is -0.550. The molecule has 136 valence electrons. The Bertz CT molecular complexity index is 611. The van der Waals surface area contributed by atoms with Gasteiger partial charge in [0.05, 0.1) is 26.9 Å². The molecule has 0 fully saturated rings. The molecule has 0 bridgehead atoms. The number of hydrogen-bond donors (Lipinski definition) is 1. The number of methoxy groups -OCH3 is 3. The summed E-state index contributed by atoms with van der Waals surface area (Å²) in [7, 11) is 4.96. The molecule has 0 aliphatic rings. The molecule has 0 saturated carbocycles. The molecule has 0 amide bonds. The predicted molar refractivity (Wildman–Crippen MR) is 98.1 cm³/mol. The first kappa shape index (κ1) is 19.2. The van der Waals surface area contributed by atoms with Gasteiger partial charge in [-0.25, -0.2) is 0 Å². The molecule has 2 aromatic carbocycles. The molecule has 0 heterocycles. The van der Waals surface area contributed by atoms with Crippen LogP contribution in [0.15, 0.2) is 48.5 Å². The number of ether oxygens (including phenoxy) is 3. The molecule has 0 unspecified atom stereocenters. The van der Waals surface area contributed by atoms with E-state index in [-0.39, 0.29) is 0 Å². The fourth-order valence-corrected chi connectivity index (χ4v) is 2.70. The third-order valence-corrected chi connectivity index (χ3v) is 4.04. The van der Waals surface area contributed by atoms with E-state index in [1.165, 1.54) is 0 Å². The molecule has 0 aliphatic carbocycles. The molecule has 0 aliphatic heterocycles. The lowest BCUT2D eigenvalue weighted by Gasteiger charge is -2.25. The average molecular weight is 345 g/mol. The maximum absolute atomic E-state index is 10.5. The third kappa shape index (κ3) is 6.05. The highest BCUT2D eigenvalue weighted by molar-refractivity contribution is 5.38. The fraction of sp³-hybridized carbons (Fsp3) is 0.400. The molecular formula is C20H27NO4. The quantitative estimate of drug-likeness (QED) is 0.718. The van der Waals surface area contributed by atoms with Crippen LogP contribution in [0.3, 0.4) is 0 Å². The van der Waals surface area contributed by atoms with Crippen molar-refractivity contribution in [1.82, 2.24) is 4.90 Å². The van der Waals surface area contributed by atoms with Gasteiger partial charge < -0.3 is 19.3 Å². The van der Waals surface area contributed by atoms with Crippen LogP contribution < -0.4 is 9.47 Å². The van der Waals surface area contributed by atoms with Crippen LogP contribution in [0, 0.1) is 0 Å². The number of aliphatic hydroxyl groups is 1. The van der Waals surface area contributed by atoms with Gasteiger partial charge in [-0.1, -0.05) is 30.3 Å². The van der Waals surface area contributed by atoms with Gasteiger partial charge in [0, 0.05) is 32.8 Å². The summed E-state index contributed by atoms with van der Waals surface area (Å²) in [4.78, 5) is 2.16. The van der Waals surface area contributed by atoms with E-state index in [1.54, 1.807) is 21.3 Å². The molecule has 25 heavy (non-hydrogen) atoms. The Hall–Kier alpha value is -2.08. The summed E-state index contributed by atoms with van der Waals surface area (Å²) in [6.45, 7) is 2.51. The van der Waals surface area contributed by atoms with E-state index in [2.05, 4.69) is 4.90 Å². The van der Waals surface area contributed by atoms with Gasteiger partial charge in [0.2, 0.25) is 0 Å². The largest absolute Gasteiger partial charge is 0.497 e. The summed E-state index contributed by atoms with van der Waals surface area (Å²) < 4.78 is 15.9. The molecule has 0 aromatic heterocycles. The van der Waals surface area contributed by atoms with Crippen molar-refractivity contribution in [1.29, 1.82) is 0 Å². The molecule has 2 rings (SSSR count). The highest BCUT2D eigenvalue weighted by Gasteiger charge is 2.15. The Labute approximate surface area is 149 Å². The van der Waals surface area contributed by atoms with Gasteiger partial charge in [-0.2, -0.15) is 0 Å². The second kappa shape index (κ2) is 10.0. The Morgan fingerprint density at radius 1 is 0.960 bits per heavy atom. The van der Waals surface area contributed by atoms with Gasteiger partial charge in [-0.05, 0) is 23.3 Å². The Balaban J connectivity index is 2.11. The van der Waals surface area contributed by atoms with E-state index in [0.717, 1.165) is 29.2 Å². The van der Waals surface area contributed by atoms with E-state index < -0.39 is 6.10 Å². The number of rotatable bonds is 10. The van der Waals surface area contributed by atoms with Gasteiger partial charge in [-0.3, -0.25) is 4.90 Å². The minimum atomic E-state index is -0.550. The maximum atomic E-state index is 10.5. The van der Waals surface area contributed by atoms with Crippen LogP contribution in [0.5, 0.6) is 11.5 Å². The van der Waals surface area contributed by atoms with E-state index in [9.17, 15) is 5.11 Å². The Kier molecular flexibility index (Phi) is 7.73. The molecule has 2 aromatic rings. The van der Waals surface area contributed by atoms with E-state index in [1.807, 2.05) is 48.5 Å². The van der Waals surface area contributed by atoms with Crippen molar-refractivity contribution in [2.75, 3.05) is 41.0 Å². The molecule has 0 spiro atoms. The van der Waals surface area contributed by atoms with Gasteiger partial charge >= 0.3 is 0 Å². The van der Waals surface area contributed by atoms with Crippen molar-refractivity contribution in [3.8, 4) is 11.5 Å². The van der Waals surface area contributed by atoms with E-state index >= 15 is 0 Å². The van der Waals surface area contributed by atoms with Crippen LogP contribution >= 0.6 is 0 Å². The molecular weight excluding hydrogens is 318 g/mol. The second-order valence-electron chi connectivity index (χ2n) is 5.88. The summed E-state index contributed by atoms with van der Waals surface area (Å²) in [6, 6.07) is 15.5. The average Bonchev–Trinajstić information content (AvgIpc) is 2.66. The normalized spacial score (nSPS) is 12.2. The minimum Gasteiger partial charge on any atom is -0.497 e. The number of benzene rings is 2. The summed E-state index contributed by atoms with van der Waals surface area (Å²) >= 11 is 0. The topological polar surface area (TPSA) is 51.2 Å². The van der Waals surface area contributed by atoms with Crippen molar-refractivity contribution < 1.29 is 19.3 Å². The van der Waals surface area contributed by atoms with Gasteiger partial charge in [0.1, 0.15) is 11.5 Å². The van der Waals surface area contributed by atoms with Gasteiger partial charge in [0.25, 0.3) is 0 Å². The molecule has 1 N–H and O–H groups in total. The van der Waals surface area contributed by atoms with Crippen molar-refractivity contribution >= 4 is 0 Å². The van der Waals surface area contributed by atoms with Crippen LogP contribution in [0.25, 0.3) is 0 Å². The van der Waals surface area contributed by atoms with Crippen molar-refractivity contribution in [2.45, 2.75) is 12.6 Å². The zero-order chi connectivity index (χ0) is 18.1. The van der Waals surface area contributed by atoms with E-state index in [4.69, 9.17) is 14.2 Å². The lowest BCUT2D eigenvalue weighted by Crippen LogP contribution is -2.31. The lowest BCUT2D eigenvalue weighted by atomic mass is 10.1. The third-order valence-electron chi connectivity index (χ3n) is 4.04. The smallest absolute Gasteiger partial charge is 0.122 e. The van der Waals surface area contributed by atoms with Crippen molar-refractivity contribution in [3.05, 3.63) is 59.7 Å². The molecule has 0 saturated heterocycles. The van der Waals surface area contributed by atoms with Crippen LogP contribution in [0.2, 0.25) is 0 Å². The zero-order valence-corrected chi connectivity index (χ0v) is 15.1. The minimum absolute atomic E-state index is 0.521. The van der Waals surface area contributed by atoms with Crippen molar-refractivity contribution in [2.24, 2.45) is 0 Å². The Morgan fingerprint density at radius 3 is 2.16 bits per heavy atom. The molecule has 5 nitrogen and oxygen atoms in total. The van der Waals surface area contributed by atoms with E-state index in [0.29, 0.717) is 19.7 Å². The second-order valence-corrected chi connectivity index (χ2v) is 5.88. The van der Waals surface area contributed by atoms with Crippen LogP contribution in [-0.4, -0.2) is 51.0 Å². The van der Waals surface area contributed by atoms with Crippen LogP contribution in [-0.2, 0) is 11.3 Å². The van der Waals surface area contributed by atoms with Gasteiger partial charge in [0.15, 0.2) is 0 Å². The summed E-state index contributed by atoms with van der Waals surface area (Å²) in [5.74, 6) is 1.51. The standard InChI is InChI=1S/C20H27NO4/c1-23-10-9-21(15-20(22)17-7-5-4-6-8-17)14-16-11-18(24-2)13-19(12-16)25-3/h4-8,11-13,20,22H,9-10,14-15H2,1-3H3/t20-/m1/s1. The van der Waals surface area contributed by atoms with Crippen molar-refractivity contribution in [3.63, 3.8) is 0 Å². The number of aliphatic hydroxyl groups excluding tert-OH is 1. The highest BCUT2D eigenvalue weighted by Crippen LogP contribution is 2.24. The van der Waals surface area contributed by atoms with Crippen LogP contribution in [0.4, 0.5) is 0 Å². The Morgan fingerprint density at radius 2 is 1.60 bits per heavy atom. The summed E-state index contributed by atoms with van der Waals surface area (Å²) in [5, 5.41) is 10.5. The number of hydrogen-bond acceptors (Lipinski definition) is 5. The first-order valence-electron chi connectivity index (χ1n) is 8.32. The molecule has 1 atom stereocenters. The molecule has 0 radical (unpaired) electrons. The SMILES string of the molecule is COCCN(Cc1cc(OC)cc(OC)c1)C[C@@H](O)c1ccccc1. The zero-order valence-electron chi connectivity index (χ0n) is 15.1. The van der Waals surface area contributed by atoms with Crippen LogP contribution in [0.1, 0.15) is 17.2 Å². The number of nitrogens with zero attached hydrogens (tertiary/aromatic N) is 1. The lowest BCUT2D eigenvalue weighted by molar-refractivity contribution is 0.0849. The maximum Gasteiger partial charge on any atom is 0.122 e. The predicted octanol–water partition coefficient (Wildman–Crippen LogP) is 2.89. The highest BCUT2D eigenvalue weighted by atomic mass is 16.5. The molecule has 5 heteroatoms. The summed E-state index contributed by atoms with van der Waals surface area (Å²) in [5.41, 5.74) is 1.97. The van der Waals surface area contributed by atoms with Gasteiger partial charge in [-0.15, -0.1) is 0 Å². The first-order chi connectivity index (χ1) is 12.2.